The Morgan fingerprint density at radius 3 is 2.17 bits per heavy atom. The van der Waals surface area contributed by atoms with Crippen molar-refractivity contribution in [2.45, 2.75) is 26.3 Å². The van der Waals surface area contributed by atoms with Gasteiger partial charge in [-0.3, -0.25) is 4.79 Å². The number of hydrogen-bond donors (Lipinski definition) is 2. The first-order valence-electron chi connectivity index (χ1n) is 7.73. The second-order valence-corrected chi connectivity index (χ2v) is 5.67. The van der Waals surface area contributed by atoms with E-state index in [4.69, 9.17) is 9.47 Å². The van der Waals surface area contributed by atoms with Crippen molar-refractivity contribution >= 4 is 11.9 Å². The number of rotatable bonds is 12. The monoisotopic (exact) mass is 341 g/mol. The summed E-state index contributed by atoms with van der Waals surface area (Å²) in [7, 11) is 3.11. The fraction of sp³-hybridized carbons (Fsp3) is 0.688. The number of carbonyl (C=O) groups is 2. The van der Waals surface area contributed by atoms with Crippen LogP contribution in [0.4, 0.5) is 0 Å². The zero-order valence-electron chi connectivity index (χ0n) is 14.7. The molecule has 0 bridgehead atoms. The van der Waals surface area contributed by atoms with Crippen LogP contribution in [-0.4, -0.2) is 68.4 Å². The van der Waals surface area contributed by atoms with Crippen LogP contribution in [0, 0.1) is 17.2 Å². The number of nitriles is 1. The number of carbonyl (C=O) groups excluding carboxylic acids is 1. The van der Waals surface area contributed by atoms with E-state index >= 15 is 0 Å². The highest BCUT2D eigenvalue weighted by Gasteiger charge is 2.23. The third kappa shape index (κ3) is 9.12. The molecular weight excluding hydrogens is 314 g/mol. The standard InChI is InChI=1S/C16H27N3O5/c1-12(2)9-14(16(21)22)18-15(20)13(10-17)11-19(5-7-23-3)6-8-24-4/h11-12,14H,5-9H2,1-4H3,(H,18,20)(H,21,22)/b13-11-. The smallest absolute Gasteiger partial charge is 0.326 e. The average molecular weight is 341 g/mol. The number of nitrogens with one attached hydrogen (secondary N) is 1. The Morgan fingerprint density at radius 2 is 1.79 bits per heavy atom. The summed E-state index contributed by atoms with van der Waals surface area (Å²) < 4.78 is 9.99. The molecule has 1 atom stereocenters. The summed E-state index contributed by atoms with van der Waals surface area (Å²) in [6.07, 6.45) is 1.69. The average Bonchev–Trinajstić information content (AvgIpc) is 2.52. The summed E-state index contributed by atoms with van der Waals surface area (Å²) in [6, 6.07) is 0.788. The van der Waals surface area contributed by atoms with E-state index in [0.29, 0.717) is 26.3 Å². The number of methoxy groups -OCH3 is 2. The van der Waals surface area contributed by atoms with Gasteiger partial charge in [-0.05, 0) is 12.3 Å². The van der Waals surface area contributed by atoms with Gasteiger partial charge in [-0.2, -0.15) is 5.26 Å². The van der Waals surface area contributed by atoms with Crippen molar-refractivity contribution in [1.29, 1.82) is 5.26 Å². The van der Waals surface area contributed by atoms with Crippen molar-refractivity contribution in [3.8, 4) is 6.07 Å². The van der Waals surface area contributed by atoms with E-state index in [9.17, 15) is 20.0 Å². The Balaban J connectivity index is 5.06. The second kappa shape index (κ2) is 12.3. The summed E-state index contributed by atoms with van der Waals surface area (Å²) in [5.41, 5.74) is -0.155. The van der Waals surface area contributed by atoms with Crippen LogP contribution in [0.1, 0.15) is 20.3 Å². The summed E-state index contributed by atoms with van der Waals surface area (Å²) in [6.45, 7) is 5.53. The van der Waals surface area contributed by atoms with Crippen molar-refractivity contribution in [3.63, 3.8) is 0 Å². The number of carboxylic acid groups (broad SMARTS) is 1. The highest BCUT2D eigenvalue weighted by Crippen LogP contribution is 2.07. The van der Waals surface area contributed by atoms with Crippen molar-refractivity contribution in [2.24, 2.45) is 5.92 Å². The van der Waals surface area contributed by atoms with Gasteiger partial charge < -0.3 is 24.8 Å². The van der Waals surface area contributed by atoms with Gasteiger partial charge in [-0.15, -0.1) is 0 Å². The molecule has 24 heavy (non-hydrogen) atoms. The van der Waals surface area contributed by atoms with E-state index in [1.165, 1.54) is 6.20 Å². The van der Waals surface area contributed by atoms with Gasteiger partial charge in [0.05, 0.1) is 13.2 Å². The first-order chi connectivity index (χ1) is 11.3. The molecule has 1 amide bonds. The summed E-state index contributed by atoms with van der Waals surface area (Å²) in [5.74, 6) is -1.73. The molecule has 2 N–H and O–H groups in total. The van der Waals surface area contributed by atoms with E-state index in [0.717, 1.165) is 0 Å². The second-order valence-electron chi connectivity index (χ2n) is 5.67. The van der Waals surface area contributed by atoms with E-state index < -0.39 is 17.9 Å². The van der Waals surface area contributed by atoms with Gasteiger partial charge in [0.15, 0.2) is 0 Å². The van der Waals surface area contributed by atoms with Crippen LogP contribution in [-0.2, 0) is 19.1 Å². The van der Waals surface area contributed by atoms with Crippen molar-refractivity contribution in [3.05, 3.63) is 11.8 Å². The molecule has 0 aromatic heterocycles. The van der Waals surface area contributed by atoms with Crippen molar-refractivity contribution < 1.29 is 24.2 Å². The predicted molar refractivity (Wildman–Crippen MR) is 88.0 cm³/mol. The molecular formula is C16H27N3O5. The molecule has 8 heteroatoms. The van der Waals surface area contributed by atoms with Gasteiger partial charge >= 0.3 is 5.97 Å². The maximum Gasteiger partial charge on any atom is 0.326 e. The molecule has 0 aromatic rings. The van der Waals surface area contributed by atoms with Crippen LogP contribution < -0.4 is 5.32 Å². The molecule has 0 radical (unpaired) electrons. The van der Waals surface area contributed by atoms with Gasteiger partial charge in [-0.1, -0.05) is 13.8 Å². The number of ether oxygens (including phenoxy) is 2. The lowest BCUT2D eigenvalue weighted by Crippen LogP contribution is -2.42. The van der Waals surface area contributed by atoms with Gasteiger partial charge in [-0.25, -0.2) is 4.79 Å². The molecule has 0 saturated carbocycles. The molecule has 0 aliphatic carbocycles. The molecule has 0 aliphatic rings. The van der Waals surface area contributed by atoms with Crippen LogP contribution in [0.3, 0.4) is 0 Å². The summed E-state index contributed by atoms with van der Waals surface area (Å²) >= 11 is 0. The summed E-state index contributed by atoms with van der Waals surface area (Å²) in [4.78, 5) is 25.2. The minimum Gasteiger partial charge on any atom is -0.480 e. The number of hydrogen-bond acceptors (Lipinski definition) is 6. The molecule has 0 heterocycles. The molecule has 136 valence electrons. The Hall–Kier alpha value is -2.11. The molecule has 0 spiro atoms. The minimum atomic E-state index is -1.12. The van der Waals surface area contributed by atoms with E-state index in [-0.39, 0.29) is 17.9 Å². The maximum atomic E-state index is 12.2. The number of nitrogens with zero attached hydrogens (tertiary/aromatic N) is 2. The Kier molecular flexibility index (Phi) is 11.2. The minimum absolute atomic E-state index is 0.0980. The molecule has 0 aromatic carbocycles. The first kappa shape index (κ1) is 21.9. The summed E-state index contributed by atoms with van der Waals surface area (Å²) in [5, 5.41) is 20.8. The number of carboxylic acids is 1. The fourth-order valence-corrected chi connectivity index (χ4v) is 1.91. The maximum absolute atomic E-state index is 12.2. The molecule has 0 rings (SSSR count). The molecule has 8 nitrogen and oxygen atoms in total. The van der Waals surface area contributed by atoms with Gasteiger partial charge in [0.1, 0.15) is 17.7 Å². The Labute approximate surface area is 143 Å². The zero-order chi connectivity index (χ0) is 18.5. The van der Waals surface area contributed by atoms with Crippen LogP contribution in [0.25, 0.3) is 0 Å². The van der Waals surface area contributed by atoms with Crippen LogP contribution in [0.15, 0.2) is 11.8 Å². The number of aliphatic carboxylic acids is 1. The van der Waals surface area contributed by atoms with Crippen molar-refractivity contribution in [2.75, 3.05) is 40.5 Å². The van der Waals surface area contributed by atoms with Crippen LogP contribution in [0.2, 0.25) is 0 Å². The highest BCUT2D eigenvalue weighted by atomic mass is 16.5. The predicted octanol–water partition coefficient (Wildman–Crippen LogP) is 0.604. The lowest BCUT2D eigenvalue weighted by atomic mass is 10.0. The molecule has 0 saturated heterocycles. The van der Waals surface area contributed by atoms with E-state index in [2.05, 4.69) is 5.32 Å². The van der Waals surface area contributed by atoms with E-state index in [1.807, 2.05) is 19.9 Å². The van der Waals surface area contributed by atoms with Crippen molar-refractivity contribution in [1.82, 2.24) is 10.2 Å². The van der Waals surface area contributed by atoms with Gasteiger partial charge in [0.2, 0.25) is 0 Å². The fourth-order valence-electron chi connectivity index (χ4n) is 1.91. The van der Waals surface area contributed by atoms with Gasteiger partial charge in [0.25, 0.3) is 5.91 Å². The van der Waals surface area contributed by atoms with E-state index in [1.54, 1.807) is 19.1 Å². The number of amides is 1. The molecule has 1 unspecified atom stereocenters. The largest absolute Gasteiger partial charge is 0.480 e. The lowest BCUT2D eigenvalue weighted by Gasteiger charge is -2.21. The molecule has 0 aliphatic heterocycles. The van der Waals surface area contributed by atoms with Gasteiger partial charge in [0, 0.05) is 33.5 Å². The Bertz CT molecular complexity index is 463. The zero-order valence-corrected chi connectivity index (χ0v) is 14.7. The normalized spacial score (nSPS) is 12.6. The van der Waals surface area contributed by atoms with Crippen LogP contribution >= 0.6 is 0 Å². The quantitative estimate of drug-likeness (QED) is 0.395. The lowest BCUT2D eigenvalue weighted by molar-refractivity contribution is -0.141. The highest BCUT2D eigenvalue weighted by molar-refractivity contribution is 5.99. The topological polar surface area (TPSA) is 112 Å². The first-order valence-corrected chi connectivity index (χ1v) is 7.73. The Morgan fingerprint density at radius 1 is 1.25 bits per heavy atom. The third-order valence-electron chi connectivity index (χ3n) is 3.15. The SMILES string of the molecule is COCCN(/C=C(/C#N)C(=O)NC(CC(C)C)C(=O)O)CCOC. The molecule has 0 fully saturated rings. The third-order valence-corrected chi connectivity index (χ3v) is 3.15. The van der Waals surface area contributed by atoms with Crippen LogP contribution in [0.5, 0.6) is 0 Å².